The number of nitrogens with two attached hydrogens (primary N) is 1. The summed E-state index contributed by atoms with van der Waals surface area (Å²) in [5.74, 6) is -4.79. The summed E-state index contributed by atoms with van der Waals surface area (Å²) < 4.78 is 22.2. The fraction of sp³-hybridized carbons (Fsp3) is 0.421. The Labute approximate surface area is 293 Å². The largest absolute Gasteiger partial charge is 0.460 e. The number of carbonyl (C=O) groups excluding carboxylic acids is 5. The van der Waals surface area contributed by atoms with Crippen LogP contribution >= 0.6 is 0 Å². The predicted octanol–water partition coefficient (Wildman–Crippen LogP) is 6.47. The van der Waals surface area contributed by atoms with Gasteiger partial charge in [-0.2, -0.15) is 0 Å². The lowest BCUT2D eigenvalue weighted by molar-refractivity contribution is -0.164. The van der Waals surface area contributed by atoms with E-state index in [1.54, 1.807) is 74.5 Å². The molecule has 0 radical (unpaired) electrons. The fourth-order valence-electron chi connectivity index (χ4n) is 4.84. The van der Waals surface area contributed by atoms with Crippen LogP contribution in [-0.4, -0.2) is 52.5 Å². The van der Waals surface area contributed by atoms with Crippen molar-refractivity contribution in [1.82, 2.24) is 5.32 Å². The molecule has 0 aliphatic carbocycles. The number of ether oxygens (including phenoxy) is 4. The molecule has 12 nitrogen and oxygen atoms in total. The van der Waals surface area contributed by atoms with Gasteiger partial charge in [-0.05, 0) is 122 Å². The summed E-state index contributed by atoms with van der Waals surface area (Å²) in [4.78, 5) is 65.7. The van der Waals surface area contributed by atoms with Crippen molar-refractivity contribution in [2.75, 3.05) is 0 Å². The average molecular weight is 692 g/mol. The van der Waals surface area contributed by atoms with Crippen LogP contribution in [-0.2, 0) is 36.6 Å². The molecule has 12 heteroatoms. The van der Waals surface area contributed by atoms with E-state index in [1.165, 1.54) is 30.3 Å². The van der Waals surface area contributed by atoms with E-state index in [9.17, 15) is 24.0 Å². The van der Waals surface area contributed by atoms with Crippen molar-refractivity contribution in [2.45, 2.75) is 104 Å². The van der Waals surface area contributed by atoms with Crippen LogP contribution < -0.4 is 15.8 Å². The number of nitrogens with one attached hydrogen (secondary N) is 2. The van der Waals surface area contributed by atoms with Gasteiger partial charge in [0.25, 0.3) is 0 Å². The number of carbonyl (C=O) groups is 5. The minimum Gasteiger partial charge on any atom is -0.460 e. The third kappa shape index (κ3) is 12.3. The van der Waals surface area contributed by atoms with E-state index in [2.05, 4.69) is 18.5 Å². The quantitative estimate of drug-likeness (QED) is 0.0561. The van der Waals surface area contributed by atoms with Gasteiger partial charge in [0.2, 0.25) is 5.91 Å². The molecule has 0 saturated heterocycles. The third-order valence-electron chi connectivity index (χ3n) is 6.56. The zero-order chi connectivity index (χ0) is 38.2. The number of esters is 3. The Kier molecular flexibility index (Phi) is 13.4. The van der Waals surface area contributed by atoms with Crippen LogP contribution in [0.4, 0.5) is 4.79 Å². The van der Waals surface area contributed by atoms with Crippen molar-refractivity contribution in [3.63, 3.8) is 0 Å². The lowest BCUT2D eigenvalue weighted by atomic mass is 9.83. The van der Waals surface area contributed by atoms with E-state index in [1.807, 2.05) is 0 Å². The van der Waals surface area contributed by atoms with Crippen molar-refractivity contribution in [3.05, 3.63) is 89.0 Å². The third-order valence-corrected chi connectivity index (χ3v) is 6.56. The van der Waals surface area contributed by atoms with Gasteiger partial charge in [-0.3, -0.25) is 25.1 Å². The second-order valence-corrected chi connectivity index (χ2v) is 14.5. The standard InChI is InChI=1S/C38H49N3O9/c1-12-14-22-20-23(31(39)41-35(46)50-38(9,10)11)16-19-28(22)47-33(44)25-17-18-26(32(40)43)30(24(25)15-13-2)27(34(45)49-37(6,7)8)21-29(42)48-36(3,4)5/h12-13,16-20,27H,1-2,14-15,21H2,3-11H3,(H2,40,43)(H2,39,41,46)/t27-/m0/s1. The molecule has 0 aliphatic rings. The van der Waals surface area contributed by atoms with Crippen molar-refractivity contribution in [1.29, 1.82) is 5.41 Å². The zero-order valence-electron chi connectivity index (χ0n) is 30.4. The first-order valence-electron chi connectivity index (χ1n) is 16.0. The van der Waals surface area contributed by atoms with Gasteiger partial charge in [-0.25, -0.2) is 9.59 Å². The first kappa shape index (κ1) is 40.9. The first-order valence-corrected chi connectivity index (χ1v) is 16.0. The number of amides is 2. The van der Waals surface area contributed by atoms with Crippen LogP contribution in [0.1, 0.15) is 118 Å². The molecule has 0 fully saturated rings. The monoisotopic (exact) mass is 691 g/mol. The molecular weight excluding hydrogens is 642 g/mol. The Balaban J connectivity index is 2.68. The van der Waals surface area contributed by atoms with Crippen LogP contribution in [0.15, 0.2) is 55.6 Å². The molecule has 0 bridgehead atoms. The van der Waals surface area contributed by atoms with Crippen molar-refractivity contribution in [2.24, 2.45) is 5.73 Å². The van der Waals surface area contributed by atoms with Crippen LogP contribution in [0.2, 0.25) is 0 Å². The summed E-state index contributed by atoms with van der Waals surface area (Å²) in [5, 5.41) is 10.7. The Bertz CT molecular complexity index is 1670. The SMILES string of the molecule is C=CCc1cc(C(=N)NC(=O)OC(C)(C)C)ccc1OC(=O)c1ccc(C(N)=O)c([C@H](CC(=O)OC(C)(C)C)C(=O)OC(C)(C)C)c1CC=C. The van der Waals surface area contributed by atoms with E-state index >= 15 is 0 Å². The fourth-order valence-corrected chi connectivity index (χ4v) is 4.84. The minimum atomic E-state index is -1.38. The summed E-state index contributed by atoms with van der Waals surface area (Å²) >= 11 is 0. The number of primary amides is 1. The molecule has 0 saturated carbocycles. The van der Waals surface area contributed by atoms with Gasteiger partial charge < -0.3 is 24.7 Å². The van der Waals surface area contributed by atoms with Gasteiger partial charge in [0, 0.05) is 11.1 Å². The molecule has 4 N–H and O–H groups in total. The highest BCUT2D eigenvalue weighted by molar-refractivity contribution is 6.05. The Morgan fingerprint density at radius 3 is 1.90 bits per heavy atom. The van der Waals surface area contributed by atoms with Crippen molar-refractivity contribution in [3.8, 4) is 5.75 Å². The second-order valence-electron chi connectivity index (χ2n) is 14.5. The molecule has 50 heavy (non-hydrogen) atoms. The van der Waals surface area contributed by atoms with Crippen LogP contribution in [0, 0.1) is 5.41 Å². The lowest BCUT2D eigenvalue weighted by Gasteiger charge is -2.28. The van der Waals surface area contributed by atoms with Gasteiger partial charge in [-0.1, -0.05) is 12.2 Å². The zero-order valence-corrected chi connectivity index (χ0v) is 30.4. The highest BCUT2D eigenvalue weighted by Gasteiger charge is 2.36. The molecule has 270 valence electrons. The van der Waals surface area contributed by atoms with E-state index in [4.69, 9.17) is 30.1 Å². The molecule has 0 spiro atoms. The molecule has 2 aromatic carbocycles. The number of hydrogen-bond acceptors (Lipinski definition) is 10. The minimum absolute atomic E-state index is 0.0134. The van der Waals surface area contributed by atoms with Gasteiger partial charge in [0.15, 0.2) is 0 Å². The number of alkyl carbamates (subject to hydrolysis) is 1. The Morgan fingerprint density at radius 2 is 1.38 bits per heavy atom. The summed E-state index contributed by atoms with van der Waals surface area (Å²) in [6.45, 7) is 22.6. The maximum absolute atomic E-state index is 13.9. The molecule has 0 heterocycles. The molecule has 2 amide bonds. The molecular formula is C38H49N3O9. The van der Waals surface area contributed by atoms with Gasteiger partial charge in [-0.15, -0.1) is 13.2 Å². The lowest BCUT2D eigenvalue weighted by Crippen LogP contribution is -2.36. The van der Waals surface area contributed by atoms with Crippen molar-refractivity contribution >= 4 is 35.7 Å². The molecule has 0 aliphatic heterocycles. The highest BCUT2D eigenvalue weighted by Crippen LogP contribution is 2.34. The summed E-state index contributed by atoms with van der Waals surface area (Å²) in [5.41, 5.74) is 4.05. The number of benzene rings is 2. The van der Waals surface area contributed by atoms with Crippen LogP contribution in [0.5, 0.6) is 5.75 Å². The number of amidine groups is 1. The molecule has 0 unspecified atom stereocenters. The highest BCUT2D eigenvalue weighted by atomic mass is 16.6. The number of hydrogen-bond donors (Lipinski definition) is 3. The Hall–Kier alpha value is -5.26. The summed E-state index contributed by atoms with van der Waals surface area (Å²) in [6.07, 6.45) is 1.96. The smallest absolute Gasteiger partial charge is 0.413 e. The van der Waals surface area contributed by atoms with E-state index in [-0.39, 0.29) is 46.7 Å². The van der Waals surface area contributed by atoms with Crippen LogP contribution in [0.25, 0.3) is 0 Å². The summed E-state index contributed by atoms with van der Waals surface area (Å²) in [7, 11) is 0. The average Bonchev–Trinajstić information content (AvgIpc) is 2.93. The topological polar surface area (TPSA) is 184 Å². The molecule has 2 aromatic rings. The maximum atomic E-state index is 13.9. The first-order chi connectivity index (χ1) is 23.0. The number of rotatable bonds is 12. The summed E-state index contributed by atoms with van der Waals surface area (Å²) in [6, 6.07) is 7.17. The van der Waals surface area contributed by atoms with E-state index < -0.39 is 59.1 Å². The predicted molar refractivity (Wildman–Crippen MR) is 189 cm³/mol. The van der Waals surface area contributed by atoms with Gasteiger partial charge in [0.1, 0.15) is 28.4 Å². The maximum Gasteiger partial charge on any atom is 0.413 e. The van der Waals surface area contributed by atoms with E-state index in [0.29, 0.717) is 11.1 Å². The number of allylic oxidation sites excluding steroid dienone is 2. The molecule has 2 rings (SSSR count). The Morgan fingerprint density at radius 1 is 0.820 bits per heavy atom. The van der Waals surface area contributed by atoms with Crippen LogP contribution in [0.3, 0.4) is 0 Å². The molecule has 0 aromatic heterocycles. The molecule has 1 atom stereocenters. The van der Waals surface area contributed by atoms with Gasteiger partial charge in [0.05, 0.1) is 17.9 Å². The normalized spacial score (nSPS) is 12.2. The van der Waals surface area contributed by atoms with Crippen molar-refractivity contribution < 1.29 is 42.9 Å². The second kappa shape index (κ2) is 16.4. The van der Waals surface area contributed by atoms with Gasteiger partial charge >= 0.3 is 24.0 Å². The van der Waals surface area contributed by atoms with E-state index in [0.717, 1.165) is 0 Å².